The summed E-state index contributed by atoms with van der Waals surface area (Å²) < 4.78 is 2.83. The van der Waals surface area contributed by atoms with Crippen LogP contribution in [0.1, 0.15) is 11.1 Å². The number of nitrogens with one attached hydrogen (secondary N) is 1. The smallest absolute Gasteiger partial charge is 0.229 e. The van der Waals surface area contributed by atoms with Crippen molar-refractivity contribution >= 4 is 39.0 Å². The van der Waals surface area contributed by atoms with E-state index in [9.17, 15) is 4.79 Å². The van der Waals surface area contributed by atoms with E-state index in [1.54, 1.807) is 22.2 Å². The zero-order chi connectivity index (χ0) is 15.4. The molecule has 112 valence electrons. The summed E-state index contributed by atoms with van der Waals surface area (Å²) in [5.74, 6) is 0.680. The molecule has 3 aromatic rings. The van der Waals surface area contributed by atoms with Crippen LogP contribution in [0.2, 0.25) is 0 Å². The van der Waals surface area contributed by atoms with Crippen LogP contribution in [0, 0.1) is 0 Å². The van der Waals surface area contributed by atoms with Crippen molar-refractivity contribution < 1.29 is 4.79 Å². The SMILES string of the molecule is O=C(Cc1ccsc1)Nc1ccnn1Cc1ccc(Br)cc1. The highest BCUT2D eigenvalue weighted by Crippen LogP contribution is 2.14. The number of benzene rings is 1. The van der Waals surface area contributed by atoms with Gasteiger partial charge in [-0.2, -0.15) is 16.4 Å². The minimum atomic E-state index is -0.0315. The number of hydrogen-bond donors (Lipinski definition) is 1. The molecule has 0 atom stereocenters. The van der Waals surface area contributed by atoms with Gasteiger partial charge in [-0.05, 0) is 40.1 Å². The van der Waals surface area contributed by atoms with Crippen molar-refractivity contribution in [3.63, 3.8) is 0 Å². The molecular formula is C16H14BrN3OS. The molecule has 0 radical (unpaired) electrons. The van der Waals surface area contributed by atoms with Crippen molar-refractivity contribution in [3.8, 4) is 0 Å². The summed E-state index contributed by atoms with van der Waals surface area (Å²) >= 11 is 5.01. The van der Waals surface area contributed by atoms with E-state index in [4.69, 9.17) is 0 Å². The van der Waals surface area contributed by atoms with Crippen molar-refractivity contribution in [1.82, 2.24) is 9.78 Å². The third kappa shape index (κ3) is 3.84. The molecule has 0 aliphatic rings. The molecule has 0 unspecified atom stereocenters. The van der Waals surface area contributed by atoms with Gasteiger partial charge in [0.2, 0.25) is 5.91 Å². The Morgan fingerprint density at radius 2 is 2.00 bits per heavy atom. The lowest BCUT2D eigenvalue weighted by Gasteiger charge is -2.09. The molecule has 6 heteroatoms. The summed E-state index contributed by atoms with van der Waals surface area (Å²) in [5.41, 5.74) is 2.15. The van der Waals surface area contributed by atoms with Crippen LogP contribution in [0.15, 0.2) is 57.8 Å². The van der Waals surface area contributed by atoms with Crippen molar-refractivity contribution in [2.45, 2.75) is 13.0 Å². The van der Waals surface area contributed by atoms with E-state index in [2.05, 4.69) is 26.3 Å². The van der Waals surface area contributed by atoms with Gasteiger partial charge in [-0.15, -0.1) is 0 Å². The Morgan fingerprint density at radius 3 is 2.73 bits per heavy atom. The normalized spacial score (nSPS) is 10.6. The number of nitrogens with zero attached hydrogens (tertiary/aromatic N) is 2. The number of rotatable bonds is 5. The van der Waals surface area contributed by atoms with E-state index in [1.165, 1.54) is 0 Å². The number of hydrogen-bond acceptors (Lipinski definition) is 3. The highest BCUT2D eigenvalue weighted by Gasteiger charge is 2.09. The maximum atomic E-state index is 12.1. The van der Waals surface area contributed by atoms with Crippen molar-refractivity contribution in [3.05, 3.63) is 69.0 Å². The number of aromatic nitrogens is 2. The predicted molar refractivity (Wildman–Crippen MR) is 92.1 cm³/mol. The Labute approximate surface area is 140 Å². The number of thiophene rings is 1. The number of carbonyl (C=O) groups excluding carboxylic acids is 1. The lowest BCUT2D eigenvalue weighted by atomic mass is 10.2. The topological polar surface area (TPSA) is 46.9 Å². The third-order valence-corrected chi connectivity index (χ3v) is 4.44. The minimum absolute atomic E-state index is 0.0315. The molecule has 2 heterocycles. The minimum Gasteiger partial charge on any atom is -0.311 e. The first-order valence-corrected chi connectivity index (χ1v) is 8.51. The highest BCUT2D eigenvalue weighted by atomic mass is 79.9. The predicted octanol–water partition coefficient (Wildman–Crippen LogP) is 3.94. The van der Waals surface area contributed by atoms with Crippen LogP contribution in [0.25, 0.3) is 0 Å². The van der Waals surface area contributed by atoms with Crippen LogP contribution in [0.4, 0.5) is 5.82 Å². The summed E-state index contributed by atoms with van der Waals surface area (Å²) in [7, 11) is 0. The standard InChI is InChI=1S/C16H14BrN3OS/c17-14-3-1-12(2-4-14)10-20-15(5-7-18-20)19-16(21)9-13-6-8-22-11-13/h1-8,11H,9-10H2,(H,19,21). The molecular weight excluding hydrogens is 362 g/mol. The Kier molecular flexibility index (Phi) is 4.70. The molecule has 1 aromatic carbocycles. The van der Waals surface area contributed by atoms with Gasteiger partial charge in [-0.3, -0.25) is 4.79 Å². The molecule has 0 saturated carbocycles. The van der Waals surface area contributed by atoms with Gasteiger partial charge >= 0.3 is 0 Å². The molecule has 1 amide bonds. The molecule has 0 bridgehead atoms. The van der Waals surface area contributed by atoms with Crippen molar-refractivity contribution in [1.29, 1.82) is 0 Å². The van der Waals surface area contributed by atoms with E-state index in [0.29, 0.717) is 18.8 Å². The molecule has 0 fully saturated rings. The van der Waals surface area contributed by atoms with Gasteiger partial charge in [0.05, 0.1) is 19.2 Å². The number of carbonyl (C=O) groups is 1. The van der Waals surface area contributed by atoms with E-state index in [1.807, 2.05) is 47.2 Å². The Balaban J connectivity index is 1.66. The highest BCUT2D eigenvalue weighted by molar-refractivity contribution is 9.10. The van der Waals surface area contributed by atoms with Crippen LogP contribution in [0.5, 0.6) is 0 Å². The van der Waals surface area contributed by atoms with E-state index >= 15 is 0 Å². The second-order valence-electron chi connectivity index (χ2n) is 4.86. The largest absolute Gasteiger partial charge is 0.311 e. The molecule has 1 N–H and O–H groups in total. The number of anilines is 1. The average molecular weight is 376 g/mol. The summed E-state index contributed by atoms with van der Waals surface area (Å²) in [5, 5.41) is 11.2. The first-order valence-electron chi connectivity index (χ1n) is 6.78. The molecule has 0 aliphatic carbocycles. The lowest BCUT2D eigenvalue weighted by molar-refractivity contribution is -0.115. The maximum absolute atomic E-state index is 12.1. The van der Waals surface area contributed by atoms with Gasteiger partial charge in [0.15, 0.2) is 0 Å². The van der Waals surface area contributed by atoms with Crippen molar-refractivity contribution in [2.75, 3.05) is 5.32 Å². The van der Waals surface area contributed by atoms with Crippen LogP contribution >= 0.6 is 27.3 Å². The van der Waals surface area contributed by atoms with Crippen LogP contribution in [0.3, 0.4) is 0 Å². The van der Waals surface area contributed by atoms with E-state index in [-0.39, 0.29) is 5.91 Å². The first kappa shape index (κ1) is 15.0. The zero-order valence-corrected chi connectivity index (χ0v) is 14.1. The second kappa shape index (κ2) is 6.89. The van der Waals surface area contributed by atoms with Gasteiger partial charge in [0, 0.05) is 10.5 Å². The number of halogens is 1. The molecule has 4 nitrogen and oxygen atoms in total. The fourth-order valence-corrected chi connectivity index (χ4v) is 3.03. The Hall–Kier alpha value is -1.92. The van der Waals surface area contributed by atoms with Gasteiger partial charge in [0.1, 0.15) is 5.82 Å². The zero-order valence-electron chi connectivity index (χ0n) is 11.7. The molecule has 0 spiro atoms. The van der Waals surface area contributed by atoms with Gasteiger partial charge < -0.3 is 5.32 Å². The third-order valence-electron chi connectivity index (χ3n) is 3.17. The molecule has 2 aromatic heterocycles. The maximum Gasteiger partial charge on any atom is 0.229 e. The van der Waals surface area contributed by atoms with E-state index < -0.39 is 0 Å². The molecule has 22 heavy (non-hydrogen) atoms. The van der Waals surface area contributed by atoms with E-state index in [0.717, 1.165) is 15.6 Å². The number of amides is 1. The van der Waals surface area contributed by atoms with Crippen LogP contribution in [-0.4, -0.2) is 15.7 Å². The molecule has 0 aliphatic heterocycles. The summed E-state index contributed by atoms with van der Waals surface area (Å²) in [6, 6.07) is 11.8. The summed E-state index contributed by atoms with van der Waals surface area (Å²) in [6.07, 6.45) is 2.08. The fraction of sp³-hybridized carbons (Fsp3) is 0.125. The molecule has 0 saturated heterocycles. The fourth-order valence-electron chi connectivity index (χ4n) is 2.09. The van der Waals surface area contributed by atoms with Gasteiger partial charge in [0.25, 0.3) is 0 Å². The first-order chi connectivity index (χ1) is 10.7. The lowest BCUT2D eigenvalue weighted by Crippen LogP contribution is -2.17. The monoisotopic (exact) mass is 375 g/mol. The Morgan fingerprint density at radius 1 is 1.18 bits per heavy atom. The van der Waals surface area contributed by atoms with Crippen molar-refractivity contribution in [2.24, 2.45) is 0 Å². The summed E-state index contributed by atoms with van der Waals surface area (Å²) in [4.78, 5) is 12.1. The van der Waals surface area contributed by atoms with Crippen LogP contribution < -0.4 is 5.32 Å². The summed E-state index contributed by atoms with van der Waals surface area (Å²) in [6.45, 7) is 0.619. The quantitative estimate of drug-likeness (QED) is 0.733. The second-order valence-corrected chi connectivity index (χ2v) is 6.55. The average Bonchev–Trinajstić information content (AvgIpc) is 3.14. The van der Waals surface area contributed by atoms with Crippen LogP contribution in [-0.2, 0) is 17.8 Å². The Bertz CT molecular complexity index is 750. The molecule has 3 rings (SSSR count). The van der Waals surface area contributed by atoms with Gasteiger partial charge in [-0.25, -0.2) is 4.68 Å². The van der Waals surface area contributed by atoms with Gasteiger partial charge in [-0.1, -0.05) is 28.1 Å².